The van der Waals surface area contributed by atoms with Crippen molar-refractivity contribution in [1.29, 1.82) is 0 Å². The number of hydrogen-bond acceptors (Lipinski definition) is 6. The molecule has 7 nitrogen and oxygen atoms in total. The molecule has 9 heteroatoms. The van der Waals surface area contributed by atoms with Crippen molar-refractivity contribution in [3.63, 3.8) is 0 Å². The fourth-order valence-corrected chi connectivity index (χ4v) is 4.47. The number of anilines is 1. The number of aromatic nitrogens is 3. The first-order chi connectivity index (χ1) is 13.3. The van der Waals surface area contributed by atoms with Gasteiger partial charge in [-0.15, -0.1) is 17.9 Å². The number of nitrogens with zero attached hydrogens (tertiary/aromatic N) is 4. The number of thiazole rings is 1. The largest absolute Gasteiger partial charge is 0.317 e. The van der Waals surface area contributed by atoms with E-state index in [9.17, 15) is 8.42 Å². The van der Waals surface area contributed by atoms with Crippen molar-refractivity contribution in [2.45, 2.75) is 32.2 Å². The summed E-state index contributed by atoms with van der Waals surface area (Å²) < 4.78 is 29.7. The van der Waals surface area contributed by atoms with Crippen LogP contribution in [0.5, 0.6) is 0 Å². The molecule has 28 heavy (non-hydrogen) atoms. The summed E-state index contributed by atoms with van der Waals surface area (Å²) in [6, 6.07) is 8.15. The lowest BCUT2D eigenvalue weighted by Crippen LogP contribution is -2.16. The monoisotopic (exact) mass is 415 g/mol. The molecule has 3 aromatic rings. The molecule has 0 amide bonds. The fraction of sp³-hybridized carbons (Fsp3) is 0.211. The highest BCUT2D eigenvalue weighted by molar-refractivity contribution is 7.92. The molecule has 2 heterocycles. The minimum Gasteiger partial charge on any atom is -0.317 e. The summed E-state index contributed by atoms with van der Waals surface area (Å²) in [6.07, 6.45) is 1.81. The third kappa shape index (κ3) is 4.55. The summed E-state index contributed by atoms with van der Waals surface area (Å²) in [5.74, 6) is 0.0609. The lowest BCUT2D eigenvalue weighted by atomic mass is 10.3. The number of nitrogens with one attached hydrogen (secondary N) is 1. The van der Waals surface area contributed by atoms with E-state index in [4.69, 9.17) is 0 Å². The molecule has 146 valence electrons. The summed E-state index contributed by atoms with van der Waals surface area (Å²) >= 11 is 1.53. The van der Waals surface area contributed by atoms with Crippen LogP contribution in [0.15, 0.2) is 58.3 Å². The van der Waals surface area contributed by atoms with E-state index in [1.54, 1.807) is 32.0 Å². The number of benzene rings is 1. The highest BCUT2D eigenvalue weighted by Crippen LogP contribution is 2.18. The van der Waals surface area contributed by atoms with E-state index in [1.807, 2.05) is 22.9 Å². The zero-order valence-corrected chi connectivity index (χ0v) is 17.5. The molecule has 0 aliphatic heterocycles. The minimum absolute atomic E-state index is 0.0609. The summed E-state index contributed by atoms with van der Waals surface area (Å²) in [6.45, 7) is 10.0. The van der Waals surface area contributed by atoms with Gasteiger partial charge in [0.05, 0.1) is 10.6 Å². The van der Waals surface area contributed by atoms with Crippen molar-refractivity contribution < 1.29 is 8.42 Å². The van der Waals surface area contributed by atoms with Gasteiger partial charge < -0.3 is 4.57 Å². The quantitative estimate of drug-likeness (QED) is 0.624. The highest BCUT2D eigenvalue weighted by atomic mass is 32.2. The predicted molar refractivity (Wildman–Crippen MR) is 111 cm³/mol. The Morgan fingerprint density at radius 1 is 1.18 bits per heavy atom. The average molecular weight is 416 g/mol. The highest BCUT2D eigenvalue weighted by Gasteiger charge is 2.16. The first-order valence-electron chi connectivity index (χ1n) is 8.54. The van der Waals surface area contributed by atoms with Crippen molar-refractivity contribution in [1.82, 2.24) is 14.5 Å². The SMILES string of the molecule is C=CCn1c(C)csc1=Nc1ccc(S(=O)(=O)Nc2nc(C)cc(C)n2)cc1. The normalized spacial score (nSPS) is 12.2. The second-order valence-electron chi connectivity index (χ2n) is 6.24. The number of aryl methyl sites for hydroxylation is 3. The molecule has 3 rings (SSSR count). The maximum absolute atomic E-state index is 12.6. The van der Waals surface area contributed by atoms with Gasteiger partial charge in [0.15, 0.2) is 4.80 Å². The third-order valence-electron chi connectivity index (χ3n) is 3.88. The maximum Gasteiger partial charge on any atom is 0.264 e. The fourth-order valence-electron chi connectivity index (χ4n) is 2.61. The molecule has 0 saturated carbocycles. The van der Waals surface area contributed by atoms with Crippen molar-refractivity contribution in [3.05, 3.63) is 70.3 Å². The van der Waals surface area contributed by atoms with Gasteiger partial charge in [0.25, 0.3) is 10.0 Å². The van der Waals surface area contributed by atoms with Gasteiger partial charge in [-0.25, -0.2) is 28.1 Å². The van der Waals surface area contributed by atoms with E-state index in [0.29, 0.717) is 23.6 Å². The second kappa shape index (κ2) is 8.07. The van der Waals surface area contributed by atoms with Gasteiger partial charge in [-0.05, 0) is 51.1 Å². The van der Waals surface area contributed by atoms with Crippen molar-refractivity contribution in [2.75, 3.05) is 4.72 Å². The third-order valence-corrected chi connectivity index (χ3v) is 6.21. The molecular formula is C19H21N5O2S2. The number of rotatable bonds is 6. The van der Waals surface area contributed by atoms with Crippen molar-refractivity contribution in [2.24, 2.45) is 4.99 Å². The number of hydrogen-bond donors (Lipinski definition) is 1. The van der Waals surface area contributed by atoms with Gasteiger partial charge in [-0.1, -0.05) is 6.08 Å². The molecule has 0 radical (unpaired) electrons. The summed E-state index contributed by atoms with van der Waals surface area (Å²) in [7, 11) is -3.78. The zero-order chi connectivity index (χ0) is 20.3. The van der Waals surface area contributed by atoms with Crippen LogP contribution in [0, 0.1) is 20.8 Å². The summed E-state index contributed by atoms with van der Waals surface area (Å²) in [5.41, 5.74) is 3.15. The van der Waals surface area contributed by atoms with Gasteiger partial charge in [0.1, 0.15) is 0 Å². The molecule has 0 spiro atoms. The Bertz CT molecular complexity index is 1160. The van der Waals surface area contributed by atoms with Crippen LogP contribution >= 0.6 is 11.3 Å². The van der Waals surface area contributed by atoms with Crippen LogP contribution in [0.25, 0.3) is 0 Å². The molecule has 1 aromatic carbocycles. The maximum atomic E-state index is 12.6. The van der Waals surface area contributed by atoms with Crippen molar-refractivity contribution >= 4 is 33.0 Å². The van der Waals surface area contributed by atoms with Gasteiger partial charge in [0.2, 0.25) is 5.95 Å². The van der Waals surface area contributed by atoms with Crippen LogP contribution < -0.4 is 9.52 Å². The van der Waals surface area contributed by atoms with E-state index in [2.05, 4.69) is 26.3 Å². The Hall–Kier alpha value is -2.78. The van der Waals surface area contributed by atoms with Crippen LogP contribution in [0.2, 0.25) is 0 Å². The molecule has 0 atom stereocenters. The van der Waals surface area contributed by atoms with E-state index >= 15 is 0 Å². The van der Waals surface area contributed by atoms with Gasteiger partial charge in [-0.3, -0.25) is 0 Å². The molecule has 0 aliphatic rings. The molecule has 1 N–H and O–H groups in total. The predicted octanol–water partition coefficient (Wildman–Crippen LogP) is 3.48. The smallest absolute Gasteiger partial charge is 0.264 e. The van der Waals surface area contributed by atoms with Gasteiger partial charge >= 0.3 is 0 Å². The number of allylic oxidation sites excluding steroid dienone is 1. The van der Waals surface area contributed by atoms with Crippen LogP contribution in [0.1, 0.15) is 17.1 Å². The second-order valence-corrected chi connectivity index (χ2v) is 8.76. The van der Waals surface area contributed by atoms with Crippen LogP contribution in [-0.2, 0) is 16.6 Å². The minimum atomic E-state index is -3.78. The van der Waals surface area contributed by atoms with Gasteiger partial charge in [0, 0.05) is 29.0 Å². The zero-order valence-electron chi connectivity index (χ0n) is 15.9. The summed E-state index contributed by atoms with van der Waals surface area (Å²) in [5, 5.41) is 2.02. The molecule has 0 saturated heterocycles. The molecule has 0 aliphatic carbocycles. The first-order valence-corrected chi connectivity index (χ1v) is 10.9. The molecule has 0 fully saturated rings. The van der Waals surface area contributed by atoms with E-state index in [1.165, 1.54) is 23.5 Å². The van der Waals surface area contributed by atoms with Gasteiger partial charge in [-0.2, -0.15) is 0 Å². The lowest BCUT2D eigenvalue weighted by molar-refractivity contribution is 0.601. The van der Waals surface area contributed by atoms with Crippen LogP contribution in [0.3, 0.4) is 0 Å². The van der Waals surface area contributed by atoms with E-state index < -0.39 is 10.0 Å². The first kappa shape index (κ1) is 20.0. The summed E-state index contributed by atoms with van der Waals surface area (Å²) in [4.78, 5) is 13.8. The number of sulfonamides is 1. The molecule has 0 unspecified atom stereocenters. The molecular weight excluding hydrogens is 394 g/mol. The Kier molecular flexibility index (Phi) is 5.76. The Morgan fingerprint density at radius 3 is 2.43 bits per heavy atom. The molecule has 2 aromatic heterocycles. The average Bonchev–Trinajstić information content (AvgIpc) is 2.95. The molecule has 0 bridgehead atoms. The van der Waals surface area contributed by atoms with Crippen LogP contribution in [-0.4, -0.2) is 23.0 Å². The Labute approximate surface area is 168 Å². The topological polar surface area (TPSA) is 89.2 Å². The van der Waals surface area contributed by atoms with Crippen molar-refractivity contribution in [3.8, 4) is 0 Å². The lowest BCUT2D eigenvalue weighted by Gasteiger charge is -2.08. The Balaban J connectivity index is 1.87. The standard InChI is InChI=1S/C19H21N5O2S2/c1-5-10-24-15(4)12-27-19(24)22-16-6-8-17(9-7-16)28(25,26)23-18-20-13(2)11-14(3)21-18/h5-9,11-12H,1,10H2,2-4H3,(H,20,21,23). The van der Waals surface area contributed by atoms with Crippen LogP contribution in [0.4, 0.5) is 11.6 Å². The Morgan fingerprint density at radius 2 is 1.82 bits per heavy atom. The van der Waals surface area contributed by atoms with E-state index in [-0.39, 0.29) is 10.8 Å². The van der Waals surface area contributed by atoms with E-state index in [0.717, 1.165) is 10.5 Å².